The van der Waals surface area contributed by atoms with Crippen LogP contribution in [0, 0.1) is 24.6 Å². The van der Waals surface area contributed by atoms with Gasteiger partial charge in [0.25, 0.3) is 6.47 Å². The molecule has 0 radical (unpaired) electrons. The van der Waals surface area contributed by atoms with E-state index in [9.17, 15) is 9.18 Å². The number of rotatable bonds is 2. The fourth-order valence-corrected chi connectivity index (χ4v) is 4.42. The van der Waals surface area contributed by atoms with Crippen LogP contribution in [0.2, 0.25) is 0 Å². The Kier molecular flexibility index (Phi) is 5.92. The topological polar surface area (TPSA) is 73.7 Å². The van der Waals surface area contributed by atoms with Crippen molar-refractivity contribution in [2.45, 2.75) is 19.9 Å². The number of nitrogens with zero attached hydrogens (tertiary/aromatic N) is 3. The summed E-state index contributed by atoms with van der Waals surface area (Å²) in [6, 6.07) is 10.8. The van der Waals surface area contributed by atoms with Crippen molar-refractivity contribution in [1.82, 2.24) is 9.88 Å². The quantitative estimate of drug-likeness (QED) is 0.805. The Labute approximate surface area is 163 Å². The highest BCUT2D eigenvalue weighted by Crippen LogP contribution is 2.46. The van der Waals surface area contributed by atoms with Crippen LogP contribution in [-0.4, -0.2) is 47.0 Å². The van der Waals surface area contributed by atoms with Crippen molar-refractivity contribution in [2.24, 2.45) is 11.8 Å². The first-order chi connectivity index (χ1) is 13.4. The number of pyridine rings is 1. The predicted molar refractivity (Wildman–Crippen MR) is 103 cm³/mol. The number of carbonyl (C=O) groups excluding carboxylic acids is 1. The van der Waals surface area contributed by atoms with Gasteiger partial charge in [-0.2, -0.15) is 0 Å². The van der Waals surface area contributed by atoms with Crippen LogP contribution in [0.1, 0.15) is 24.2 Å². The molecule has 3 atom stereocenters. The normalized spacial score (nSPS) is 23.0. The Morgan fingerprint density at radius 3 is 2.64 bits per heavy atom. The second-order valence-electron chi connectivity index (χ2n) is 7.26. The van der Waals surface area contributed by atoms with Crippen LogP contribution in [0.4, 0.5) is 10.1 Å². The number of carbonyl (C=O) groups is 2. The third-order valence-electron chi connectivity index (χ3n) is 5.50. The number of likely N-dealkylation sites (tertiary alicyclic amines) is 1. The second kappa shape index (κ2) is 8.37. The van der Waals surface area contributed by atoms with Crippen LogP contribution in [0.25, 0.3) is 0 Å². The average Bonchev–Trinajstić information content (AvgIpc) is 3.20. The minimum atomic E-state index is -0.250. The Morgan fingerprint density at radius 1 is 1.25 bits per heavy atom. The molecule has 2 saturated heterocycles. The highest BCUT2D eigenvalue weighted by molar-refractivity contribution is 5.74. The number of aryl methyl sites for hydroxylation is 1. The van der Waals surface area contributed by atoms with Gasteiger partial charge in [-0.3, -0.25) is 14.6 Å². The standard InChI is InChI=1S/C20H22FN3O.CH2O2/c1-13-8-18(6-7-22-13)23-10-16-11-24(14(2)25)20(19(16)12-23)15-4-3-5-17(21)9-15;2-1-3/h3-9,16,19-20H,10-12H2,1-2H3;1H,(H,2,3)/t16-,19-,20+;/m1./s1. The fraction of sp³-hybridized carbons (Fsp3) is 0.381. The zero-order valence-corrected chi connectivity index (χ0v) is 16.0. The molecule has 0 spiro atoms. The van der Waals surface area contributed by atoms with Crippen molar-refractivity contribution in [3.63, 3.8) is 0 Å². The molecule has 2 aliphatic rings. The molecule has 1 aromatic carbocycles. The minimum Gasteiger partial charge on any atom is -0.483 e. The number of anilines is 1. The highest BCUT2D eigenvalue weighted by atomic mass is 19.1. The first kappa shape index (κ1) is 19.8. The molecule has 1 amide bonds. The lowest BCUT2D eigenvalue weighted by atomic mass is 9.89. The summed E-state index contributed by atoms with van der Waals surface area (Å²) in [6.45, 7) is 5.88. The Hall–Kier alpha value is -2.96. The van der Waals surface area contributed by atoms with Gasteiger partial charge >= 0.3 is 0 Å². The fourth-order valence-electron chi connectivity index (χ4n) is 4.42. The van der Waals surface area contributed by atoms with E-state index in [4.69, 9.17) is 9.90 Å². The summed E-state index contributed by atoms with van der Waals surface area (Å²) in [5.74, 6) is 0.545. The van der Waals surface area contributed by atoms with E-state index in [0.717, 1.165) is 30.9 Å². The van der Waals surface area contributed by atoms with Crippen LogP contribution in [0.5, 0.6) is 0 Å². The molecule has 0 aliphatic carbocycles. The van der Waals surface area contributed by atoms with Crippen LogP contribution in [0.15, 0.2) is 42.6 Å². The Balaban J connectivity index is 0.000000706. The number of halogens is 1. The largest absolute Gasteiger partial charge is 0.483 e. The summed E-state index contributed by atoms with van der Waals surface area (Å²) >= 11 is 0. The average molecular weight is 385 g/mol. The van der Waals surface area contributed by atoms with Crippen molar-refractivity contribution in [3.05, 3.63) is 59.7 Å². The molecule has 4 rings (SSSR count). The predicted octanol–water partition coefficient (Wildman–Crippen LogP) is 2.89. The van der Waals surface area contributed by atoms with Gasteiger partial charge in [0.2, 0.25) is 5.91 Å². The number of hydrogen-bond acceptors (Lipinski definition) is 4. The van der Waals surface area contributed by atoms with E-state index in [1.807, 2.05) is 30.2 Å². The number of fused-ring (bicyclic) bond motifs is 1. The van der Waals surface area contributed by atoms with Gasteiger partial charge in [-0.1, -0.05) is 12.1 Å². The Morgan fingerprint density at radius 2 is 2.00 bits per heavy atom. The molecule has 0 unspecified atom stereocenters. The summed E-state index contributed by atoms with van der Waals surface area (Å²) in [4.78, 5) is 29.1. The van der Waals surface area contributed by atoms with Crippen molar-refractivity contribution in [1.29, 1.82) is 0 Å². The van der Waals surface area contributed by atoms with Gasteiger partial charge in [0.1, 0.15) is 5.82 Å². The number of hydrogen-bond donors (Lipinski definition) is 1. The Bertz CT molecular complexity index is 860. The van der Waals surface area contributed by atoms with E-state index < -0.39 is 0 Å². The van der Waals surface area contributed by atoms with Crippen molar-refractivity contribution >= 4 is 18.1 Å². The van der Waals surface area contributed by atoms with E-state index in [1.165, 1.54) is 11.8 Å². The number of carboxylic acid groups (broad SMARTS) is 1. The molecule has 0 bridgehead atoms. The first-order valence-corrected chi connectivity index (χ1v) is 9.22. The molecule has 1 N–H and O–H groups in total. The molecular formula is C21H24FN3O3. The molecule has 2 aliphatic heterocycles. The van der Waals surface area contributed by atoms with Crippen molar-refractivity contribution in [3.8, 4) is 0 Å². The van der Waals surface area contributed by atoms with Gasteiger partial charge in [-0.25, -0.2) is 4.39 Å². The molecular weight excluding hydrogens is 361 g/mol. The lowest BCUT2D eigenvalue weighted by molar-refractivity contribution is -0.130. The highest BCUT2D eigenvalue weighted by Gasteiger charge is 2.48. The molecule has 3 heterocycles. The maximum atomic E-state index is 13.8. The molecule has 0 saturated carbocycles. The van der Waals surface area contributed by atoms with Crippen molar-refractivity contribution < 1.29 is 19.1 Å². The number of benzene rings is 1. The summed E-state index contributed by atoms with van der Waals surface area (Å²) in [5, 5.41) is 6.89. The molecule has 28 heavy (non-hydrogen) atoms. The van der Waals surface area contributed by atoms with Gasteiger partial charge in [-0.15, -0.1) is 0 Å². The monoisotopic (exact) mass is 385 g/mol. The summed E-state index contributed by atoms with van der Waals surface area (Å²) < 4.78 is 13.8. The molecule has 1 aromatic heterocycles. The third kappa shape index (κ3) is 3.98. The second-order valence-corrected chi connectivity index (χ2v) is 7.26. The van der Waals surface area contributed by atoms with Gasteiger partial charge < -0.3 is 14.9 Å². The zero-order valence-electron chi connectivity index (χ0n) is 16.0. The van der Waals surface area contributed by atoms with E-state index >= 15 is 0 Å². The van der Waals surface area contributed by atoms with Gasteiger partial charge in [-0.05, 0) is 36.8 Å². The van der Waals surface area contributed by atoms with E-state index in [-0.39, 0.29) is 24.2 Å². The minimum absolute atomic E-state index is 0.0499. The van der Waals surface area contributed by atoms with E-state index in [0.29, 0.717) is 11.8 Å². The van der Waals surface area contributed by atoms with Crippen LogP contribution in [-0.2, 0) is 9.59 Å². The maximum Gasteiger partial charge on any atom is 0.290 e. The van der Waals surface area contributed by atoms with Crippen LogP contribution >= 0.6 is 0 Å². The van der Waals surface area contributed by atoms with Gasteiger partial charge in [0.15, 0.2) is 0 Å². The SMILES string of the molecule is CC(=O)N1C[C@H]2CN(c3ccnc(C)c3)C[C@H]2[C@@H]1c1cccc(F)c1.O=CO. The maximum absolute atomic E-state index is 13.8. The summed E-state index contributed by atoms with van der Waals surface area (Å²) in [6.07, 6.45) is 1.84. The molecule has 148 valence electrons. The van der Waals surface area contributed by atoms with E-state index in [1.54, 1.807) is 19.1 Å². The summed E-state index contributed by atoms with van der Waals surface area (Å²) in [7, 11) is 0. The molecule has 2 fully saturated rings. The molecule has 2 aromatic rings. The lowest BCUT2D eigenvalue weighted by Gasteiger charge is -2.29. The van der Waals surface area contributed by atoms with Crippen molar-refractivity contribution in [2.75, 3.05) is 24.5 Å². The smallest absolute Gasteiger partial charge is 0.290 e. The van der Waals surface area contributed by atoms with Gasteiger partial charge in [0, 0.05) is 56.0 Å². The third-order valence-corrected chi connectivity index (χ3v) is 5.50. The first-order valence-electron chi connectivity index (χ1n) is 9.22. The van der Waals surface area contributed by atoms with Crippen LogP contribution in [0.3, 0.4) is 0 Å². The zero-order chi connectivity index (χ0) is 20.3. The lowest BCUT2D eigenvalue weighted by Crippen LogP contribution is -2.34. The molecule has 6 nitrogen and oxygen atoms in total. The number of amides is 1. The molecule has 7 heteroatoms. The number of aromatic nitrogens is 1. The van der Waals surface area contributed by atoms with E-state index in [2.05, 4.69) is 16.0 Å². The summed E-state index contributed by atoms with van der Waals surface area (Å²) in [5.41, 5.74) is 3.08. The van der Waals surface area contributed by atoms with Gasteiger partial charge in [0.05, 0.1) is 6.04 Å². The van der Waals surface area contributed by atoms with Crippen LogP contribution < -0.4 is 4.90 Å².